The van der Waals surface area contributed by atoms with E-state index in [1.54, 1.807) is 25.7 Å². The topological polar surface area (TPSA) is 112 Å². The van der Waals surface area contributed by atoms with Crippen LogP contribution in [0.2, 0.25) is 0 Å². The molecular formula is C31H41N3O6. The average Bonchev–Trinajstić information content (AvgIpc) is 3.36. The predicted octanol–water partition coefficient (Wildman–Crippen LogP) is 4.25. The van der Waals surface area contributed by atoms with Crippen LogP contribution in [0, 0.1) is 13.8 Å². The van der Waals surface area contributed by atoms with Gasteiger partial charge in [-0.1, -0.05) is 45.0 Å². The lowest BCUT2D eigenvalue weighted by molar-refractivity contribution is -0.140. The number of nitrogens with zero attached hydrogens (tertiary/aromatic N) is 2. The number of aryl methyl sites for hydroxylation is 1. The molecule has 0 radical (unpaired) electrons. The van der Waals surface area contributed by atoms with Crippen molar-refractivity contribution in [3.05, 3.63) is 63.5 Å². The number of ketones is 1. The van der Waals surface area contributed by atoms with E-state index in [-0.39, 0.29) is 29.0 Å². The van der Waals surface area contributed by atoms with Gasteiger partial charge in [-0.3, -0.25) is 14.5 Å². The van der Waals surface area contributed by atoms with Gasteiger partial charge >= 0.3 is 5.97 Å². The molecule has 216 valence electrons. The number of carbonyl (C=O) groups is 3. The monoisotopic (exact) mass is 551 g/mol. The highest BCUT2D eigenvalue weighted by Crippen LogP contribution is 2.41. The maximum atomic E-state index is 13.5. The van der Waals surface area contributed by atoms with E-state index in [9.17, 15) is 19.5 Å². The zero-order chi connectivity index (χ0) is 29.2. The van der Waals surface area contributed by atoms with Crippen molar-refractivity contribution in [1.82, 2.24) is 14.8 Å². The summed E-state index contributed by atoms with van der Waals surface area (Å²) in [6.07, 6.45) is 0.679. The van der Waals surface area contributed by atoms with E-state index in [1.807, 2.05) is 24.3 Å². The van der Waals surface area contributed by atoms with E-state index < -0.39 is 23.7 Å². The number of morpholine rings is 1. The predicted molar refractivity (Wildman–Crippen MR) is 152 cm³/mol. The smallest absolute Gasteiger partial charge is 0.355 e. The Balaban J connectivity index is 1.76. The largest absolute Gasteiger partial charge is 0.507 e. The molecule has 1 aromatic carbocycles. The van der Waals surface area contributed by atoms with Crippen LogP contribution in [-0.2, 0) is 24.5 Å². The second-order valence-corrected chi connectivity index (χ2v) is 11.5. The maximum absolute atomic E-state index is 13.5. The molecule has 4 rings (SSSR count). The molecule has 1 atom stereocenters. The number of rotatable bonds is 8. The number of hydrogen-bond acceptors (Lipinski definition) is 7. The summed E-state index contributed by atoms with van der Waals surface area (Å²) >= 11 is 0. The first-order valence-corrected chi connectivity index (χ1v) is 14.0. The molecule has 0 aliphatic carbocycles. The minimum atomic E-state index is -0.751. The number of Topliss-reactive ketones (excluding diaryl/α,β-unsaturated/α-hetero) is 1. The van der Waals surface area contributed by atoms with E-state index >= 15 is 0 Å². The third kappa shape index (κ3) is 5.86. The number of aliphatic hydroxyl groups excluding tert-OH is 1. The number of H-pyrrole nitrogens is 1. The highest BCUT2D eigenvalue weighted by atomic mass is 16.5. The van der Waals surface area contributed by atoms with Gasteiger partial charge in [-0.15, -0.1) is 0 Å². The lowest BCUT2D eigenvalue weighted by Gasteiger charge is -2.29. The molecule has 2 aromatic rings. The van der Waals surface area contributed by atoms with E-state index in [2.05, 4.69) is 30.7 Å². The Morgan fingerprint density at radius 1 is 1.10 bits per heavy atom. The highest BCUT2D eigenvalue weighted by molar-refractivity contribution is 6.46. The number of aromatic amines is 1. The van der Waals surface area contributed by atoms with Crippen LogP contribution in [0.4, 0.5) is 0 Å². The number of amides is 1. The zero-order valence-electron chi connectivity index (χ0n) is 24.4. The fourth-order valence-electron chi connectivity index (χ4n) is 5.56. The summed E-state index contributed by atoms with van der Waals surface area (Å²) in [5.74, 6) is -2.20. The van der Waals surface area contributed by atoms with Crippen molar-refractivity contribution in [2.75, 3.05) is 46.0 Å². The van der Waals surface area contributed by atoms with Crippen LogP contribution in [0.25, 0.3) is 5.76 Å². The molecule has 2 aliphatic heterocycles. The molecule has 0 spiro atoms. The van der Waals surface area contributed by atoms with Gasteiger partial charge in [-0.25, -0.2) is 4.79 Å². The first-order valence-electron chi connectivity index (χ1n) is 14.0. The first-order chi connectivity index (χ1) is 19.0. The number of hydrogen-bond donors (Lipinski definition) is 2. The number of ether oxygens (including phenoxy) is 2. The Labute approximate surface area is 236 Å². The molecule has 0 bridgehead atoms. The van der Waals surface area contributed by atoms with E-state index in [0.717, 1.165) is 30.8 Å². The fraction of sp³-hybridized carbons (Fsp3) is 0.516. The van der Waals surface area contributed by atoms with Crippen molar-refractivity contribution in [3.63, 3.8) is 0 Å². The van der Waals surface area contributed by atoms with Crippen molar-refractivity contribution >= 4 is 23.4 Å². The summed E-state index contributed by atoms with van der Waals surface area (Å²) in [5, 5.41) is 11.6. The molecule has 0 saturated carbocycles. The Hall–Kier alpha value is -3.43. The number of likely N-dealkylation sites (tertiary alicyclic amines) is 1. The summed E-state index contributed by atoms with van der Waals surface area (Å²) in [7, 11) is 0. The van der Waals surface area contributed by atoms with Gasteiger partial charge in [-0.05, 0) is 49.3 Å². The Morgan fingerprint density at radius 2 is 1.75 bits per heavy atom. The van der Waals surface area contributed by atoms with Crippen LogP contribution < -0.4 is 0 Å². The van der Waals surface area contributed by atoms with Crippen molar-refractivity contribution in [2.24, 2.45) is 0 Å². The lowest BCUT2D eigenvalue weighted by atomic mass is 9.85. The van der Waals surface area contributed by atoms with Crippen LogP contribution in [0.5, 0.6) is 0 Å². The lowest BCUT2D eigenvalue weighted by Crippen LogP contribution is -2.39. The molecule has 9 heteroatoms. The molecule has 2 fully saturated rings. The van der Waals surface area contributed by atoms with E-state index in [1.165, 1.54) is 0 Å². The molecular weight excluding hydrogens is 510 g/mol. The van der Waals surface area contributed by atoms with E-state index in [4.69, 9.17) is 9.47 Å². The highest BCUT2D eigenvalue weighted by Gasteiger charge is 2.46. The standard InChI is InChI=1S/C31H41N3O6/c1-7-40-30(38)25-19(2)23(20(3)32-25)27(35)24-26(21-9-11-22(12-10-21)31(4,5)6)34(29(37)28(24)36)14-8-13-33-15-17-39-18-16-33/h9-12,26,32,35H,7-8,13-18H2,1-6H3/b27-24+. The molecule has 9 nitrogen and oxygen atoms in total. The van der Waals surface area contributed by atoms with Crippen LogP contribution in [0.3, 0.4) is 0 Å². The number of aromatic nitrogens is 1. The Bertz CT molecular complexity index is 1300. The quantitative estimate of drug-likeness (QED) is 0.218. The SMILES string of the molecule is CCOC(=O)c1[nH]c(C)c(/C(O)=C2\C(=O)C(=O)N(CCCN3CCOCC3)C2c2ccc(C(C)(C)C)cc2)c1C. The summed E-state index contributed by atoms with van der Waals surface area (Å²) in [6.45, 7) is 15.9. The van der Waals surface area contributed by atoms with Gasteiger partial charge in [0.25, 0.3) is 11.7 Å². The summed E-state index contributed by atoms with van der Waals surface area (Å²) in [5.41, 5.74) is 3.36. The molecule has 40 heavy (non-hydrogen) atoms. The molecule has 1 amide bonds. The van der Waals surface area contributed by atoms with Crippen LogP contribution in [0.15, 0.2) is 29.8 Å². The fourth-order valence-corrected chi connectivity index (χ4v) is 5.56. The van der Waals surface area contributed by atoms with Gasteiger partial charge in [0, 0.05) is 37.4 Å². The van der Waals surface area contributed by atoms with Gasteiger partial charge in [0.15, 0.2) is 0 Å². The van der Waals surface area contributed by atoms with Crippen LogP contribution in [0.1, 0.15) is 78.6 Å². The number of carbonyl (C=O) groups excluding carboxylic acids is 3. The van der Waals surface area contributed by atoms with Crippen LogP contribution >= 0.6 is 0 Å². The van der Waals surface area contributed by atoms with Gasteiger partial charge in [0.05, 0.1) is 31.4 Å². The second kappa shape index (κ2) is 12.0. The molecule has 2 N–H and O–H groups in total. The maximum Gasteiger partial charge on any atom is 0.355 e. The van der Waals surface area contributed by atoms with Crippen molar-refractivity contribution in [2.45, 2.75) is 59.4 Å². The van der Waals surface area contributed by atoms with Gasteiger partial charge in [0.1, 0.15) is 11.5 Å². The van der Waals surface area contributed by atoms with Crippen molar-refractivity contribution in [3.8, 4) is 0 Å². The summed E-state index contributed by atoms with van der Waals surface area (Å²) in [4.78, 5) is 46.3. The Kier molecular flexibility index (Phi) is 8.85. The number of nitrogens with one attached hydrogen (secondary N) is 1. The molecule has 2 saturated heterocycles. The normalized spacial score (nSPS) is 19.9. The molecule has 1 aromatic heterocycles. The Morgan fingerprint density at radius 3 is 2.35 bits per heavy atom. The zero-order valence-corrected chi connectivity index (χ0v) is 24.4. The van der Waals surface area contributed by atoms with Crippen LogP contribution in [-0.4, -0.2) is 83.5 Å². The molecule has 1 unspecified atom stereocenters. The minimum Gasteiger partial charge on any atom is -0.507 e. The molecule has 3 heterocycles. The third-order valence-electron chi connectivity index (χ3n) is 7.76. The number of benzene rings is 1. The first kappa shape index (κ1) is 29.6. The van der Waals surface area contributed by atoms with Gasteiger partial charge in [-0.2, -0.15) is 0 Å². The third-order valence-corrected chi connectivity index (χ3v) is 7.76. The summed E-state index contributed by atoms with van der Waals surface area (Å²) in [6, 6.07) is 7.13. The minimum absolute atomic E-state index is 0.0282. The number of esters is 1. The summed E-state index contributed by atoms with van der Waals surface area (Å²) < 4.78 is 10.6. The van der Waals surface area contributed by atoms with Gasteiger partial charge < -0.3 is 24.5 Å². The average molecular weight is 552 g/mol. The molecule has 2 aliphatic rings. The number of aliphatic hydroxyl groups is 1. The second-order valence-electron chi connectivity index (χ2n) is 11.5. The van der Waals surface area contributed by atoms with Crippen molar-refractivity contribution < 1.29 is 29.0 Å². The van der Waals surface area contributed by atoms with Crippen molar-refractivity contribution in [1.29, 1.82) is 0 Å². The van der Waals surface area contributed by atoms with Gasteiger partial charge in [0.2, 0.25) is 0 Å². The van der Waals surface area contributed by atoms with E-state index in [0.29, 0.717) is 43.0 Å².